The molecule has 140 valence electrons. The molecule has 2 N–H and O–H groups in total. The van der Waals surface area contributed by atoms with Crippen LogP contribution in [0.15, 0.2) is 54.6 Å². The second kappa shape index (κ2) is 9.44. The van der Waals surface area contributed by atoms with Crippen LogP contribution in [0.1, 0.15) is 19.4 Å². The van der Waals surface area contributed by atoms with E-state index in [0.29, 0.717) is 17.0 Å². The van der Waals surface area contributed by atoms with E-state index in [0.717, 1.165) is 0 Å². The van der Waals surface area contributed by atoms with E-state index >= 15 is 0 Å². The molecule has 0 aliphatic heterocycles. The third kappa shape index (κ3) is 6.87. The number of nitrogens with zero attached hydrogens (tertiary/aromatic N) is 1. The lowest BCUT2D eigenvalue weighted by molar-refractivity contribution is -0.384. The van der Waals surface area contributed by atoms with E-state index in [-0.39, 0.29) is 16.9 Å². The van der Waals surface area contributed by atoms with Gasteiger partial charge < -0.3 is 10.1 Å². The Morgan fingerprint density at radius 3 is 2.67 bits per heavy atom. The standard InChI is InChI=1S/C19H19N3O4S/c1-13(2)26-17-8-4-6-15(12-17)20-19(27)21-18(23)10-9-14-5-3-7-16(11-14)22(24)25/h3-13H,1-2H3,(H2,20,21,23,27)/b10-9+. The highest BCUT2D eigenvalue weighted by molar-refractivity contribution is 7.80. The third-order valence-corrected chi connectivity index (χ3v) is 3.41. The Morgan fingerprint density at radius 2 is 1.96 bits per heavy atom. The molecule has 0 heterocycles. The van der Waals surface area contributed by atoms with Crippen LogP contribution in [0, 0.1) is 10.1 Å². The van der Waals surface area contributed by atoms with Crippen molar-refractivity contribution < 1.29 is 14.5 Å². The van der Waals surface area contributed by atoms with E-state index in [4.69, 9.17) is 17.0 Å². The Bertz CT molecular complexity index is 881. The number of ether oxygens (including phenoxy) is 1. The molecule has 1 amide bonds. The predicted molar refractivity (Wildman–Crippen MR) is 109 cm³/mol. The van der Waals surface area contributed by atoms with Crippen LogP contribution in [0.2, 0.25) is 0 Å². The summed E-state index contributed by atoms with van der Waals surface area (Å²) in [6.07, 6.45) is 2.78. The summed E-state index contributed by atoms with van der Waals surface area (Å²) >= 11 is 5.12. The van der Waals surface area contributed by atoms with Gasteiger partial charge in [0.2, 0.25) is 5.91 Å². The maximum absolute atomic E-state index is 12.0. The van der Waals surface area contributed by atoms with Gasteiger partial charge in [-0.1, -0.05) is 18.2 Å². The fourth-order valence-electron chi connectivity index (χ4n) is 2.15. The van der Waals surface area contributed by atoms with Crippen molar-refractivity contribution in [2.75, 3.05) is 5.32 Å². The van der Waals surface area contributed by atoms with Crippen LogP contribution in [-0.2, 0) is 4.79 Å². The number of carbonyl (C=O) groups is 1. The number of nitro groups is 1. The molecule has 2 aromatic rings. The van der Waals surface area contributed by atoms with E-state index in [1.165, 1.54) is 24.3 Å². The molecular weight excluding hydrogens is 366 g/mol. The number of nitrogens with one attached hydrogen (secondary N) is 2. The maximum atomic E-state index is 12.0. The highest BCUT2D eigenvalue weighted by Crippen LogP contribution is 2.18. The van der Waals surface area contributed by atoms with Crippen molar-refractivity contribution in [2.24, 2.45) is 0 Å². The summed E-state index contributed by atoms with van der Waals surface area (Å²) in [5.41, 5.74) is 1.18. The molecule has 2 aromatic carbocycles. The lowest BCUT2D eigenvalue weighted by atomic mass is 10.2. The first-order chi connectivity index (χ1) is 12.8. The fourth-order valence-corrected chi connectivity index (χ4v) is 2.37. The molecule has 0 spiro atoms. The van der Waals surface area contributed by atoms with E-state index in [9.17, 15) is 14.9 Å². The molecule has 0 saturated heterocycles. The lowest BCUT2D eigenvalue weighted by Crippen LogP contribution is -2.32. The van der Waals surface area contributed by atoms with Gasteiger partial charge in [-0.15, -0.1) is 0 Å². The quantitative estimate of drug-likeness (QED) is 0.339. The van der Waals surface area contributed by atoms with Gasteiger partial charge in [0.25, 0.3) is 5.69 Å². The fraction of sp³-hybridized carbons (Fsp3) is 0.158. The Kier molecular flexibility index (Phi) is 7.01. The van der Waals surface area contributed by atoms with Crippen LogP contribution in [0.5, 0.6) is 5.75 Å². The van der Waals surface area contributed by atoms with Crippen LogP contribution >= 0.6 is 12.2 Å². The highest BCUT2D eigenvalue weighted by Gasteiger charge is 2.06. The van der Waals surface area contributed by atoms with Crippen LogP contribution in [-0.4, -0.2) is 22.0 Å². The van der Waals surface area contributed by atoms with E-state index < -0.39 is 10.8 Å². The van der Waals surface area contributed by atoms with Gasteiger partial charge in [0.05, 0.1) is 11.0 Å². The Balaban J connectivity index is 1.93. The summed E-state index contributed by atoms with van der Waals surface area (Å²) in [7, 11) is 0. The number of amides is 1. The molecule has 0 saturated carbocycles. The molecule has 0 bridgehead atoms. The number of hydrogen-bond acceptors (Lipinski definition) is 5. The van der Waals surface area contributed by atoms with Crippen molar-refractivity contribution in [1.29, 1.82) is 0 Å². The van der Waals surface area contributed by atoms with Crippen molar-refractivity contribution >= 4 is 40.7 Å². The zero-order valence-electron chi connectivity index (χ0n) is 14.8. The van der Waals surface area contributed by atoms with Gasteiger partial charge >= 0.3 is 0 Å². The summed E-state index contributed by atoms with van der Waals surface area (Å²) in [6.45, 7) is 3.86. The van der Waals surface area contributed by atoms with Crippen molar-refractivity contribution in [2.45, 2.75) is 20.0 Å². The summed E-state index contributed by atoms with van der Waals surface area (Å²) in [6, 6.07) is 13.2. The van der Waals surface area contributed by atoms with Crippen molar-refractivity contribution in [3.8, 4) is 5.75 Å². The van der Waals surface area contributed by atoms with Gasteiger partial charge in [-0.3, -0.25) is 20.2 Å². The van der Waals surface area contributed by atoms with Crippen molar-refractivity contribution in [3.63, 3.8) is 0 Å². The number of benzene rings is 2. The van der Waals surface area contributed by atoms with Gasteiger partial charge in [-0.05, 0) is 49.8 Å². The SMILES string of the molecule is CC(C)Oc1cccc(NC(=S)NC(=O)/C=C/c2cccc([N+](=O)[O-])c2)c1. The second-order valence-electron chi connectivity index (χ2n) is 5.82. The molecular formula is C19H19N3O4S. The summed E-state index contributed by atoms with van der Waals surface area (Å²) in [5, 5.41) is 16.3. The number of nitro benzene ring substituents is 1. The molecule has 2 rings (SSSR count). The highest BCUT2D eigenvalue weighted by atomic mass is 32.1. The van der Waals surface area contributed by atoms with Gasteiger partial charge in [-0.2, -0.15) is 0 Å². The van der Waals surface area contributed by atoms with Crippen LogP contribution in [0.4, 0.5) is 11.4 Å². The molecule has 0 aliphatic carbocycles. The van der Waals surface area contributed by atoms with E-state index in [1.54, 1.807) is 24.3 Å². The molecule has 0 atom stereocenters. The molecule has 0 unspecified atom stereocenters. The molecule has 8 heteroatoms. The van der Waals surface area contributed by atoms with E-state index in [1.807, 2.05) is 26.0 Å². The normalized spacial score (nSPS) is 10.6. The first-order valence-corrected chi connectivity index (χ1v) is 8.55. The zero-order chi connectivity index (χ0) is 19.8. The number of non-ortho nitro benzene ring substituents is 1. The summed E-state index contributed by atoms with van der Waals surface area (Å²) in [4.78, 5) is 22.2. The van der Waals surface area contributed by atoms with E-state index in [2.05, 4.69) is 10.6 Å². The summed E-state index contributed by atoms with van der Waals surface area (Å²) in [5.74, 6) is 0.239. The lowest BCUT2D eigenvalue weighted by Gasteiger charge is -2.12. The Morgan fingerprint density at radius 1 is 1.22 bits per heavy atom. The summed E-state index contributed by atoms with van der Waals surface area (Å²) < 4.78 is 5.60. The Hall–Kier alpha value is -3.26. The Labute approximate surface area is 162 Å². The first-order valence-electron chi connectivity index (χ1n) is 8.14. The average molecular weight is 385 g/mol. The molecule has 0 radical (unpaired) electrons. The van der Waals surface area contributed by atoms with Gasteiger partial charge in [0.15, 0.2) is 5.11 Å². The minimum Gasteiger partial charge on any atom is -0.491 e. The largest absolute Gasteiger partial charge is 0.491 e. The average Bonchev–Trinajstić information content (AvgIpc) is 2.59. The number of anilines is 1. The minimum absolute atomic E-state index is 0.0433. The monoisotopic (exact) mass is 385 g/mol. The minimum atomic E-state index is -0.492. The predicted octanol–water partition coefficient (Wildman–Crippen LogP) is 3.91. The number of rotatable bonds is 6. The molecule has 0 aromatic heterocycles. The van der Waals surface area contributed by atoms with Gasteiger partial charge in [-0.25, -0.2) is 0 Å². The van der Waals surface area contributed by atoms with Crippen molar-refractivity contribution in [1.82, 2.24) is 5.32 Å². The molecule has 0 aliphatic rings. The first kappa shape index (κ1) is 20.1. The van der Waals surface area contributed by atoms with Crippen LogP contribution in [0.3, 0.4) is 0 Å². The number of hydrogen-bond donors (Lipinski definition) is 2. The van der Waals surface area contributed by atoms with Gasteiger partial charge in [0.1, 0.15) is 5.75 Å². The smallest absolute Gasteiger partial charge is 0.270 e. The molecule has 7 nitrogen and oxygen atoms in total. The van der Waals surface area contributed by atoms with Gasteiger partial charge in [0, 0.05) is 30.0 Å². The number of carbonyl (C=O) groups excluding carboxylic acids is 1. The zero-order valence-corrected chi connectivity index (χ0v) is 15.7. The number of thiocarbonyl (C=S) groups is 1. The van der Waals surface area contributed by atoms with Crippen molar-refractivity contribution in [3.05, 3.63) is 70.3 Å². The maximum Gasteiger partial charge on any atom is 0.270 e. The molecule has 27 heavy (non-hydrogen) atoms. The third-order valence-electron chi connectivity index (χ3n) is 3.21. The van der Waals surface area contributed by atoms with Crippen LogP contribution < -0.4 is 15.4 Å². The topological polar surface area (TPSA) is 93.5 Å². The second-order valence-corrected chi connectivity index (χ2v) is 6.23. The van der Waals surface area contributed by atoms with Crippen LogP contribution in [0.25, 0.3) is 6.08 Å². The molecule has 0 fully saturated rings.